The van der Waals surface area contributed by atoms with E-state index in [4.69, 9.17) is 27.9 Å². The maximum atomic E-state index is 12.9. The van der Waals surface area contributed by atoms with Crippen LogP contribution >= 0.6 is 35.6 Å². The highest BCUT2D eigenvalue weighted by atomic mass is 35.5. The summed E-state index contributed by atoms with van der Waals surface area (Å²) in [6, 6.07) is 11.4. The monoisotopic (exact) mass is 584 g/mol. The van der Waals surface area contributed by atoms with E-state index >= 15 is 0 Å². The number of carboxylic acids is 1. The molecule has 3 rings (SSSR count). The van der Waals surface area contributed by atoms with Crippen LogP contribution < -0.4 is 10.2 Å². The third-order valence-electron chi connectivity index (χ3n) is 5.44. The number of nitrogens with zero attached hydrogens (tertiary/aromatic N) is 5. The summed E-state index contributed by atoms with van der Waals surface area (Å²) in [4.78, 5) is 38.5. The highest BCUT2D eigenvalue weighted by Crippen LogP contribution is 2.26. The molecule has 0 aliphatic heterocycles. The number of Topliss-reactive ketones (excluding diaryl/α,β-unsaturated/α-hetero) is 1. The van der Waals surface area contributed by atoms with Gasteiger partial charge in [0, 0.05) is 42.7 Å². The van der Waals surface area contributed by atoms with E-state index in [0.717, 1.165) is 11.3 Å². The number of tetrazole rings is 1. The van der Waals surface area contributed by atoms with E-state index in [1.165, 1.54) is 4.68 Å². The minimum atomic E-state index is -1.34. The van der Waals surface area contributed by atoms with Gasteiger partial charge in [-0.15, -0.1) is 17.5 Å². The molecule has 1 heterocycles. The van der Waals surface area contributed by atoms with Gasteiger partial charge in [-0.1, -0.05) is 41.4 Å². The van der Waals surface area contributed by atoms with Crippen molar-refractivity contribution in [1.82, 2.24) is 25.5 Å². The summed E-state index contributed by atoms with van der Waals surface area (Å²) in [6.07, 6.45) is -0.928. The van der Waals surface area contributed by atoms with Gasteiger partial charge < -0.3 is 20.1 Å². The van der Waals surface area contributed by atoms with Crippen molar-refractivity contribution in [3.8, 4) is 0 Å². The average Bonchev–Trinajstić information content (AvgIpc) is 3.27. The summed E-state index contributed by atoms with van der Waals surface area (Å²) in [7, 11) is 3.87. The van der Waals surface area contributed by atoms with Gasteiger partial charge in [0.15, 0.2) is 11.6 Å². The van der Waals surface area contributed by atoms with Gasteiger partial charge in [0.1, 0.15) is 12.6 Å². The van der Waals surface area contributed by atoms with Crippen molar-refractivity contribution < 1.29 is 24.2 Å². The molecule has 0 aliphatic rings. The van der Waals surface area contributed by atoms with Gasteiger partial charge >= 0.3 is 12.1 Å². The molecule has 0 fully saturated rings. The fourth-order valence-electron chi connectivity index (χ4n) is 3.42. The van der Waals surface area contributed by atoms with Crippen molar-refractivity contribution >= 4 is 59.1 Å². The number of ketones is 1. The van der Waals surface area contributed by atoms with E-state index in [2.05, 4.69) is 20.8 Å². The predicted molar refractivity (Wildman–Crippen MR) is 144 cm³/mol. The lowest BCUT2D eigenvalue weighted by molar-refractivity contribution is -0.139. The first-order valence-corrected chi connectivity index (χ1v) is 12.0. The van der Waals surface area contributed by atoms with E-state index in [0.29, 0.717) is 27.9 Å². The quantitative estimate of drug-likeness (QED) is 0.327. The largest absolute Gasteiger partial charge is 0.481 e. The number of aromatic nitrogens is 4. The number of carbonyl (C=O) groups excluding carboxylic acids is 2. The number of rotatable bonds is 12. The summed E-state index contributed by atoms with van der Waals surface area (Å²) in [5, 5.41) is 23.7. The Morgan fingerprint density at radius 1 is 1.11 bits per heavy atom. The first-order chi connectivity index (χ1) is 17.6. The number of anilines is 1. The van der Waals surface area contributed by atoms with Gasteiger partial charge in [0.2, 0.25) is 0 Å². The topological polar surface area (TPSA) is 140 Å². The number of nitrogens with one attached hydrogen (secondary N) is 1. The van der Waals surface area contributed by atoms with Crippen LogP contribution in [0.25, 0.3) is 0 Å². The van der Waals surface area contributed by atoms with Crippen LogP contribution in [0.2, 0.25) is 10.0 Å². The van der Waals surface area contributed by atoms with Gasteiger partial charge in [-0.25, -0.2) is 9.48 Å². The number of aliphatic carboxylic acids is 1. The maximum Gasteiger partial charge on any atom is 0.407 e. The summed E-state index contributed by atoms with van der Waals surface area (Å²) < 4.78 is 6.38. The summed E-state index contributed by atoms with van der Waals surface area (Å²) >= 11 is 12.4. The van der Waals surface area contributed by atoms with E-state index < -0.39 is 30.3 Å². The lowest BCUT2D eigenvalue weighted by Gasteiger charge is -2.16. The van der Waals surface area contributed by atoms with Gasteiger partial charge in [0.05, 0.1) is 13.0 Å². The van der Waals surface area contributed by atoms with Crippen molar-refractivity contribution in [1.29, 1.82) is 0 Å². The van der Waals surface area contributed by atoms with Crippen LogP contribution in [0.3, 0.4) is 0 Å². The minimum absolute atomic E-state index is 0. The Bertz CT molecular complexity index is 1230. The molecular formula is C24H27Cl3N6O5. The Labute approximate surface area is 235 Å². The summed E-state index contributed by atoms with van der Waals surface area (Å²) in [5.41, 5.74) is 2.58. The summed E-state index contributed by atoms with van der Waals surface area (Å²) in [5.74, 6) is -1.59. The minimum Gasteiger partial charge on any atom is -0.481 e. The second kappa shape index (κ2) is 14.5. The molecule has 38 heavy (non-hydrogen) atoms. The number of ether oxygens (including phenoxy) is 1. The smallest absolute Gasteiger partial charge is 0.407 e. The third-order valence-corrected chi connectivity index (χ3v) is 6.15. The Morgan fingerprint density at radius 2 is 1.76 bits per heavy atom. The maximum absolute atomic E-state index is 12.9. The molecule has 11 nitrogen and oxygen atoms in total. The van der Waals surface area contributed by atoms with Crippen LogP contribution in [0.4, 0.5) is 10.5 Å². The Morgan fingerprint density at radius 3 is 2.37 bits per heavy atom. The van der Waals surface area contributed by atoms with Gasteiger partial charge in [-0.05, 0) is 45.8 Å². The SMILES string of the molecule is CN(C)c1ccc(CCOC(=O)NC(CC(=O)O)C(=O)Cn2nnnc2Cc2c(Cl)cccc2Cl)cc1.Cl. The highest BCUT2D eigenvalue weighted by molar-refractivity contribution is 6.36. The average molecular weight is 586 g/mol. The first-order valence-electron chi connectivity index (χ1n) is 11.3. The van der Waals surface area contributed by atoms with Crippen molar-refractivity contribution in [3.63, 3.8) is 0 Å². The molecular weight excluding hydrogens is 559 g/mol. The lowest BCUT2D eigenvalue weighted by atomic mass is 10.1. The van der Waals surface area contributed by atoms with Crippen LogP contribution in [-0.2, 0) is 33.7 Å². The molecule has 1 unspecified atom stereocenters. The van der Waals surface area contributed by atoms with Crippen molar-refractivity contribution in [2.45, 2.75) is 31.8 Å². The molecule has 0 spiro atoms. The molecule has 2 aromatic carbocycles. The molecule has 0 aliphatic carbocycles. The summed E-state index contributed by atoms with van der Waals surface area (Å²) in [6.45, 7) is -0.322. The second-order valence-electron chi connectivity index (χ2n) is 8.34. The zero-order chi connectivity index (χ0) is 26.9. The zero-order valence-corrected chi connectivity index (χ0v) is 23.0. The van der Waals surface area contributed by atoms with Crippen LogP contribution in [0.1, 0.15) is 23.4 Å². The second-order valence-corrected chi connectivity index (χ2v) is 9.15. The Kier molecular flexibility index (Phi) is 11.8. The predicted octanol–water partition coefficient (Wildman–Crippen LogP) is 3.44. The molecule has 204 valence electrons. The van der Waals surface area contributed by atoms with Gasteiger partial charge in [-0.3, -0.25) is 9.59 Å². The molecule has 1 amide bonds. The lowest BCUT2D eigenvalue weighted by Crippen LogP contribution is -2.44. The van der Waals surface area contributed by atoms with Crippen LogP contribution in [0, 0.1) is 0 Å². The molecule has 1 atom stereocenters. The fraction of sp³-hybridized carbons (Fsp3) is 0.333. The number of amides is 1. The molecule has 0 radical (unpaired) electrons. The number of alkyl carbamates (subject to hydrolysis) is 1. The number of halogens is 3. The zero-order valence-electron chi connectivity index (χ0n) is 20.6. The normalized spacial score (nSPS) is 11.3. The molecule has 0 saturated heterocycles. The van der Waals surface area contributed by atoms with Crippen molar-refractivity contribution in [3.05, 3.63) is 69.5 Å². The highest BCUT2D eigenvalue weighted by Gasteiger charge is 2.26. The molecule has 1 aromatic heterocycles. The van der Waals surface area contributed by atoms with Gasteiger partial charge in [0.25, 0.3) is 0 Å². The number of carboxylic acid groups (broad SMARTS) is 1. The molecule has 0 saturated carbocycles. The van der Waals surface area contributed by atoms with Crippen molar-refractivity contribution in [2.75, 3.05) is 25.6 Å². The molecule has 0 bridgehead atoms. The van der Waals surface area contributed by atoms with E-state index in [1.54, 1.807) is 18.2 Å². The molecule has 3 aromatic rings. The van der Waals surface area contributed by atoms with Crippen LogP contribution in [-0.4, -0.2) is 69.9 Å². The third kappa shape index (κ3) is 8.86. The van der Waals surface area contributed by atoms with E-state index in [9.17, 15) is 19.5 Å². The number of hydrogen-bond acceptors (Lipinski definition) is 8. The van der Waals surface area contributed by atoms with Gasteiger partial charge in [-0.2, -0.15) is 0 Å². The standard InChI is InChI=1S/C24H26Cl2N6O5.ClH/c1-31(2)16-8-6-15(7-9-16)10-11-37-24(36)27-20(13-23(34)35)21(33)14-32-22(28-29-30-32)12-17-18(25)4-3-5-19(17)26;/h3-9,20H,10-14H2,1-2H3,(H,27,36)(H,34,35);1H. The van der Waals surface area contributed by atoms with E-state index in [1.807, 2.05) is 43.3 Å². The number of benzene rings is 2. The van der Waals surface area contributed by atoms with E-state index in [-0.39, 0.29) is 32.0 Å². The Balaban J connectivity index is 0.00000507. The number of carbonyl (C=O) groups is 3. The first kappa shape index (κ1) is 30.8. The number of hydrogen-bond donors (Lipinski definition) is 2. The molecule has 14 heteroatoms. The fourth-order valence-corrected chi connectivity index (χ4v) is 3.95. The molecule has 2 N–H and O–H groups in total. The van der Waals surface area contributed by atoms with Crippen molar-refractivity contribution in [2.24, 2.45) is 0 Å². The Hall–Kier alpha value is -3.41. The van der Waals surface area contributed by atoms with Crippen LogP contribution in [0.15, 0.2) is 42.5 Å². The van der Waals surface area contributed by atoms with Crippen LogP contribution in [0.5, 0.6) is 0 Å².